The zero-order valence-electron chi connectivity index (χ0n) is 7.98. The van der Waals surface area contributed by atoms with E-state index in [1.807, 2.05) is 0 Å². The third-order valence-electron chi connectivity index (χ3n) is 4.91. The maximum absolute atomic E-state index is 11.1. The van der Waals surface area contributed by atoms with E-state index in [9.17, 15) is 4.79 Å². The van der Waals surface area contributed by atoms with Crippen LogP contribution in [0.3, 0.4) is 0 Å². The molecule has 0 heterocycles. The summed E-state index contributed by atoms with van der Waals surface area (Å²) in [4.78, 5) is 11.1. The second-order valence-electron chi connectivity index (χ2n) is 5.25. The summed E-state index contributed by atoms with van der Waals surface area (Å²) in [6, 6.07) is 0. The van der Waals surface area contributed by atoms with Crippen LogP contribution in [0.2, 0.25) is 0 Å². The van der Waals surface area contributed by atoms with E-state index < -0.39 is 5.97 Å². The van der Waals surface area contributed by atoms with Gasteiger partial charge in [0, 0.05) is 0 Å². The molecule has 0 aromatic carbocycles. The summed E-state index contributed by atoms with van der Waals surface area (Å²) in [5.74, 6) is -0.581. The first-order chi connectivity index (χ1) is 5.36. The van der Waals surface area contributed by atoms with E-state index in [1.165, 1.54) is 0 Å². The molecule has 2 bridgehead atoms. The molecule has 0 spiro atoms. The van der Waals surface area contributed by atoms with Crippen LogP contribution in [0.25, 0.3) is 0 Å². The van der Waals surface area contributed by atoms with Gasteiger partial charge < -0.3 is 5.11 Å². The monoisotopic (exact) mass is 168 g/mol. The molecule has 2 heteroatoms. The van der Waals surface area contributed by atoms with Crippen molar-refractivity contribution in [1.82, 2.24) is 0 Å². The zero-order valence-corrected chi connectivity index (χ0v) is 7.98. The largest absolute Gasteiger partial charge is 0.481 e. The number of hydrogen-bond donors (Lipinski definition) is 1. The van der Waals surface area contributed by atoms with Gasteiger partial charge in [0.1, 0.15) is 0 Å². The van der Waals surface area contributed by atoms with Gasteiger partial charge in [0.2, 0.25) is 0 Å². The number of carboxylic acids is 1. The summed E-state index contributed by atoms with van der Waals surface area (Å²) >= 11 is 0. The predicted octanol–water partition coefficient (Wildman–Crippen LogP) is 2.29. The van der Waals surface area contributed by atoms with E-state index in [0.717, 1.165) is 19.3 Å². The number of carbonyl (C=O) groups is 1. The van der Waals surface area contributed by atoms with E-state index in [2.05, 4.69) is 20.8 Å². The van der Waals surface area contributed by atoms with Crippen LogP contribution in [0.1, 0.15) is 40.0 Å². The lowest BCUT2D eigenvalue weighted by molar-refractivity contribution is -0.184. The summed E-state index contributed by atoms with van der Waals surface area (Å²) in [6.45, 7) is 6.44. The van der Waals surface area contributed by atoms with Crippen molar-refractivity contribution >= 4 is 5.97 Å². The van der Waals surface area contributed by atoms with Crippen LogP contribution in [0.5, 0.6) is 0 Å². The zero-order chi connectivity index (χ0) is 9.20. The molecule has 0 radical (unpaired) electrons. The summed E-state index contributed by atoms with van der Waals surface area (Å²) < 4.78 is 0. The quantitative estimate of drug-likeness (QED) is 0.652. The van der Waals surface area contributed by atoms with Crippen LogP contribution in [-0.2, 0) is 4.79 Å². The molecular weight excluding hydrogens is 152 g/mol. The van der Waals surface area contributed by atoms with Gasteiger partial charge in [-0.1, -0.05) is 20.8 Å². The molecule has 1 N–H and O–H groups in total. The standard InChI is InChI=1S/C10H16O2/c1-8(2)9(3)4-5-10(8,6-9)7(11)12/h4-6H2,1-3H3,(H,11,12)/t9-,10+/m1/s1. The lowest BCUT2D eigenvalue weighted by atomic mass is 9.44. The van der Waals surface area contributed by atoms with E-state index in [-0.39, 0.29) is 10.8 Å². The lowest BCUT2D eigenvalue weighted by Gasteiger charge is -2.59. The van der Waals surface area contributed by atoms with E-state index in [0.29, 0.717) is 5.41 Å². The van der Waals surface area contributed by atoms with Gasteiger partial charge in [-0.15, -0.1) is 0 Å². The summed E-state index contributed by atoms with van der Waals surface area (Å²) in [6.07, 6.45) is 2.86. The summed E-state index contributed by atoms with van der Waals surface area (Å²) in [5.41, 5.74) is -0.0844. The minimum atomic E-state index is -0.581. The Morgan fingerprint density at radius 2 is 1.83 bits per heavy atom. The Bertz CT molecular complexity index is 257. The molecule has 3 saturated carbocycles. The first-order valence-electron chi connectivity index (χ1n) is 4.59. The highest BCUT2D eigenvalue weighted by Crippen LogP contribution is 2.77. The second kappa shape index (κ2) is 1.70. The number of carboxylic acid groups (broad SMARTS) is 1. The Morgan fingerprint density at radius 3 is 2.00 bits per heavy atom. The van der Waals surface area contributed by atoms with Crippen LogP contribution in [0.4, 0.5) is 0 Å². The topological polar surface area (TPSA) is 37.3 Å². The molecule has 3 rings (SSSR count). The fourth-order valence-electron chi connectivity index (χ4n) is 3.32. The highest BCUT2D eigenvalue weighted by atomic mass is 16.4. The maximum Gasteiger partial charge on any atom is 0.310 e. The Balaban J connectivity index is 2.42. The van der Waals surface area contributed by atoms with Crippen LogP contribution < -0.4 is 0 Å². The van der Waals surface area contributed by atoms with Gasteiger partial charge in [0.25, 0.3) is 0 Å². The number of fused-ring (bicyclic) bond motifs is 1. The van der Waals surface area contributed by atoms with Gasteiger partial charge in [-0.05, 0) is 30.1 Å². The molecule has 0 amide bonds. The van der Waals surface area contributed by atoms with E-state index in [4.69, 9.17) is 5.11 Å². The van der Waals surface area contributed by atoms with Crippen molar-refractivity contribution in [3.05, 3.63) is 0 Å². The van der Waals surface area contributed by atoms with Crippen LogP contribution in [-0.4, -0.2) is 11.1 Å². The molecule has 0 aromatic rings. The van der Waals surface area contributed by atoms with Crippen molar-refractivity contribution in [1.29, 1.82) is 0 Å². The normalized spacial score (nSPS) is 48.6. The Morgan fingerprint density at radius 1 is 1.25 bits per heavy atom. The van der Waals surface area contributed by atoms with Gasteiger partial charge >= 0.3 is 5.97 Å². The highest BCUT2D eigenvalue weighted by Gasteiger charge is 2.74. The van der Waals surface area contributed by atoms with Crippen LogP contribution >= 0.6 is 0 Å². The SMILES string of the molecule is CC1(C)[C@]2(C)CC[C@@]1(C(=O)O)C2. The number of aliphatic carboxylic acids is 1. The van der Waals surface area contributed by atoms with Crippen molar-refractivity contribution in [2.45, 2.75) is 40.0 Å². The molecule has 3 aliphatic carbocycles. The Labute approximate surface area is 73.0 Å². The minimum Gasteiger partial charge on any atom is -0.481 e. The molecular formula is C10H16O2. The first kappa shape index (κ1) is 8.09. The van der Waals surface area contributed by atoms with Gasteiger partial charge in [0.15, 0.2) is 0 Å². The molecule has 0 aromatic heterocycles. The number of hydrogen-bond acceptors (Lipinski definition) is 1. The second-order valence-corrected chi connectivity index (χ2v) is 5.25. The third kappa shape index (κ3) is 0.511. The van der Waals surface area contributed by atoms with E-state index >= 15 is 0 Å². The fraction of sp³-hybridized carbons (Fsp3) is 0.900. The molecule has 3 fully saturated rings. The third-order valence-corrected chi connectivity index (χ3v) is 4.91. The van der Waals surface area contributed by atoms with Crippen molar-refractivity contribution in [3.63, 3.8) is 0 Å². The fourth-order valence-corrected chi connectivity index (χ4v) is 3.32. The highest BCUT2D eigenvalue weighted by molar-refractivity contribution is 5.79. The van der Waals surface area contributed by atoms with Crippen molar-refractivity contribution in [2.75, 3.05) is 0 Å². The van der Waals surface area contributed by atoms with Crippen molar-refractivity contribution < 1.29 is 9.90 Å². The average Bonchev–Trinajstić information content (AvgIpc) is 2.39. The van der Waals surface area contributed by atoms with Crippen LogP contribution in [0, 0.1) is 16.2 Å². The van der Waals surface area contributed by atoms with Gasteiger partial charge in [-0.25, -0.2) is 0 Å². The number of rotatable bonds is 1. The average molecular weight is 168 g/mol. The predicted molar refractivity (Wildman–Crippen MR) is 45.8 cm³/mol. The lowest BCUT2D eigenvalue weighted by Crippen LogP contribution is -2.58. The molecule has 0 unspecified atom stereocenters. The van der Waals surface area contributed by atoms with Gasteiger partial charge in [-0.3, -0.25) is 4.79 Å². The molecule has 2 nitrogen and oxygen atoms in total. The van der Waals surface area contributed by atoms with Crippen molar-refractivity contribution in [2.24, 2.45) is 16.2 Å². The minimum absolute atomic E-state index is 0.00579. The molecule has 12 heavy (non-hydrogen) atoms. The Hall–Kier alpha value is -0.530. The summed E-state index contributed by atoms with van der Waals surface area (Å²) in [7, 11) is 0. The molecule has 2 atom stereocenters. The van der Waals surface area contributed by atoms with Crippen molar-refractivity contribution in [3.8, 4) is 0 Å². The van der Waals surface area contributed by atoms with Gasteiger partial charge in [-0.2, -0.15) is 0 Å². The van der Waals surface area contributed by atoms with Crippen LogP contribution in [0.15, 0.2) is 0 Å². The Kier molecular flexibility index (Phi) is 1.15. The van der Waals surface area contributed by atoms with Gasteiger partial charge in [0.05, 0.1) is 5.41 Å². The molecule has 0 aliphatic heterocycles. The molecule has 0 saturated heterocycles. The van der Waals surface area contributed by atoms with E-state index in [1.54, 1.807) is 0 Å². The smallest absolute Gasteiger partial charge is 0.310 e. The maximum atomic E-state index is 11.1. The molecule has 3 aliphatic rings. The molecule has 68 valence electrons. The first-order valence-corrected chi connectivity index (χ1v) is 4.59. The summed E-state index contributed by atoms with van der Waals surface area (Å²) in [5, 5.41) is 9.16.